The molecule has 0 fully saturated rings. The summed E-state index contributed by atoms with van der Waals surface area (Å²) in [5.74, 6) is 0.376. The van der Waals surface area contributed by atoms with E-state index in [4.69, 9.17) is 9.53 Å². The lowest BCUT2D eigenvalue weighted by Crippen LogP contribution is -2.41. The minimum Gasteiger partial charge on any atom is -0.416 e. The van der Waals surface area contributed by atoms with E-state index >= 15 is 0 Å². The summed E-state index contributed by atoms with van der Waals surface area (Å²) in [5.41, 5.74) is 1.02. The zero-order valence-corrected chi connectivity index (χ0v) is 12.9. The maximum atomic E-state index is 8.94. The van der Waals surface area contributed by atoms with Gasteiger partial charge in [0, 0.05) is 6.61 Å². The first-order valence-electron chi connectivity index (χ1n) is 6.02. The van der Waals surface area contributed by atoms with Crippen molar-refractivity contribution >= 4 is 8.32 Å². The Labute approximate surface area is 102 Å². The van der Waals surface area contributed by atoms with E-state index in [0.717, 1.165) is 12.2 Å². The highest BCUT2D eigenvalue weighted by Gasteiger charge is 2.37. The van der Waals surface area contributed by atoms with Crippen molar-refractivity contribution in [1.82, 2.24) is 0 Å². The molecule has 0 bridgehead atoms. The van der Waals surface area contributed by atoms with E-state index in [1.165, 1.54) is 0 Å². The largest absolute Gasteiger partial charge is 0.416 e. The second kappa shape index (κ2) is 5.99. The van der Waals surface area contributed by atoms with Crippen LogP contribution in [0.3, 0.4) is 0 Å². The van der Waals surface area contributed by atoms with Gasteiger partial charge >= 0.3 is 0 Å². The number of rotatable bonds is 5. The minimum atomic E-state index is -1.62. The van der Waals surface area contributed by atoms with Crippen LogP contribution in [0.15, 0.2) is 11.6 Å². The number of aliphatic hydroxyl groups excluding tert-OH is 1. The summed E-state index contributed by atoms with van der Waals surface area (Å²) in [5, 5.41) is 9.21. The van der Waals surface area contributed by atoms with Gasteiger partial charge in [-0.25, -0.2) is 0 Å². The molecule has 1 N–H and O–H groups in total. The van der Waals surface area contributed by atoms with Crippen molar-refractivity contribution in [3.63, 3.8) is 0 Å². The summed E-state index contributed by atoms with van der Waals surface area (Å²) < 4.78 is 6.11. The fraction of sp³-hybridized carbons (Fsp3) is 0.846. The highest BCUT2D eigenvalue weighted by atomic mass is 28.4. The lowest BCUT2D eigenvalue weighted by atomic mass is 10.1. The summed E-state index contributed by atoms with van der Waals surface area (Å²) in [7, 11) is -1.62. The average molecular weight is 244 g/mol. The van der Waals surface area contributed by atoms with Crippen molar-refractivity contribution in [2.45, 2.75) is 52.8 Å². The normalized spacial score (nSPS) is 16.4. The van der Waals surface area contributed by atoms with Crippen molar-refractivity contribution in [2.75, 3.05) is 13.2 Å². The monoisotopic (exact) mass is 244 g/mol. The van der Waals surface area contributed by atoms with Crippen LogP contribution < -0.4 is 0 Å². The molecular formula is C13H28O2Si. The summed E-state index contributed by atoms with van der Waals surface area (Å²) >= 11 is 0. The van der Waals surface area contributed by atoms with Gasteiger partial charge in [-0.2, -0.15) is 0 Å². The molecule has 0 spiro atoms. The van der Waals surface area contributed by atoms with Gasteiger partial charge in [0.2, 0.25) is 0 Å². The number of hydrogen-bond acceptors (Lipinski definition) is 2. The van der Waals surface area contributed by atoms with E-state index in [1.54, 1.807) is 0 Å². The molecule has 0 heterocycles. The molecule has 0 aromatic heterocycles. The molecule has 16 heavy (non-hydrogen) atoms. The number of hydrogen-bond donors (Lipinski definition) is 1. The summed E-state index contributed by atoms with van der Waals surface area (Å²) in [6.45, 7) is 16.3. The van der Waals surface area contributed by atoms with E-state index in [-0.39, 0.29) is 11.6 Å². The smallest absolute Gasteiger partial charge is 0.192 e. The molecule has 0 saturated heterocycles. The van der Waals surface area contributed by atoms with Crippen LogP contribution in [0.5, 0.6) is 0 Å². The third-order valence-electron chi connectivity index (χ3n) is 3.33. The Morgan fingerprint density at radius 3 is 2.25 bits per heavy atom. The second-order valence-electron chi connectivity index (χ2n) is 6.22. The number of aliphatic hydroxyl groups is 1. The van der Waals surface area contributed by atoms with Gasteiger partial charge in [0.05, 0.1) is 6.61 Å². The standard InChI is InChI=1S/C13H28O2Si/c1-11(9-14)8-12(2)10-15-16(6,7)13(3,4)5/h8,12,14H,9-10H2,1-7H3/b11-8-/t12-/m1/s1. The van der Waals surface area contributed by atoms with Crippen LogP contribution in [0, 0.1) is 5.92 Å². The van der Waals surface area contributed by atoms with Crippen LogP contribution >= 0.6 is 0 Å². The van der Waals surface area contributed by atoms with Gasteiger partial charge in [0.15, 0.2) is 8.32 Å². The Kier molecular flexibility index (Phi) is 5.94. The zero-order valence-electron chi connectivity index (χ0n) is 11.9. The van der Waals surface area contributed by atoms with Gasteiger partial charge in [0.1, 0.15) is 0 Å². The lowest BCUT2D eigenvalue weighted by Gasteiger charge is -2.36. The SMILES string of the molecule is C/C(=C/[C@@H](C)CO[Si](C)(C)C(C)(C)C)CO. The predicted octanol–water partition coefficient (Wildman–Crippen LogP) is 3.58. The Hall–Kier alpha value is -0.123. The van der Waals surface area contributed by atoms with E-state index in [2.05, 4.69) is 46.9 Å². The van der Waals surface area contributed by atoms with Crippen molar-refractivity contribution in [1.29, 1.82) is 0 Å². The summed E-state index contributed by atoms with van der Waals surface area (Å²) in [4.78, 5) is 0. The fourth-order valence-electron chi connectivity index (χ4n) is 1.14. The van der Waals surface area contributed by atoms with Gasteiger partial charge < -0.3 is 9.53 Å². The Balaban J connectivity index is 4.26. The van der Waals surface area contributed by atoms with Gasteiger partial charge in [-0.05, 0) is 31.0 Å². The quantitative estimate of drug-likeness (QED) is 0.591. The van der Waals surface area contributed by atoms with E-state index in [1.807, 2.05) is 6.92 Å². The van der Waals surface area contributed by atoms with Gasteiger partial charge in [0.25, 0.3) is 0 Å². The van der Waals surface area contributed by atoms with Crippen molar-refractivity contribution in [3.8, 4) is 0 Å². The molecule has 0 aliphatic rings. The van der Waals surface area contributed by atoms with Crippen LogP contribution in [0.4, 0.5) is 0 Å². The van der Waals surface area contributed by atoms with Crippen molar-refractivity contribution < 1.29 is 9.53 Å². The molecule has 0 saturated carbocycles. The minimum absolute atomic E-state index is 0.143. The zero-order chi connectivity index (χ0) is 13.0. The van der Waals surface area contributed by atoms with Crippen LogP contribution in [0.1, 0.15) is 34.6 Å². The van der Waals surface area contributed by atoms with Crippen molar-refractivity contribution in [3.05, 3.63) is 11.6 Å². The Morgan fingerprint density at radius 2 is 1.88 bits per heavy atom. The lowest BCUT2D eigenvalue weighted by molar-refractivity contribution is 0.257. The van der Waals surface area contributed by atoms with Crippen LogP contribution in [0.25, 0.3) is 0 Å². The summed E-state index contributed by atoms with van der Waals surface area (Å²) in [6, 6.07) is 0. The first kappa shape index (κ1) is 15.9. The van der Waals surface area contributed by atoms with Gasteiger partial charge in [-0.15, -0.1) is 0 Å². The topological polar surface area (TPSA) is 29.5 Å². The molecule has 0 aliphatic carbocycles. The van der Waals surface area contributed by atoms with E-state index in [0.29, 0.717) is 5.92 Å². The molecular weight excluding hydrogens is 216 g/mol. The molecule has 0 radical (unpaired) electrons. The molecule has 0 aliphatic heterocycles. The maximum absolute atomic E-state index is 8.94. The predicted molar refractivity (Wildman–Crippen MR) is 73.2 cm³/mol. The molecule has 1 atom stereocenters. The molecule has 0 aromatic rings. The molecule has 2 nitrogen and oxygen atoms in total. The first-order chi connectivity index (χ1) is 7.10. The third kappa shape index (κ3) is 5.28. The Bertz CT molecular complexity index is 239. The maximum Gasteiger partial charge on any atom is 0.192 e. The molecule has 0 rings (SSSR count). The van der Waals surface area contributed by atoms with Crippen LogP contribution in [0.2, 0.25) is 18.1 Å². The van der Waals surface area contributed by atoms with E-state index < -0.39 is 8.32 Å². The molecule has 0 aromatic carbocycles. The van der Waals surface area contributed by atoms with E-state index in [9.17, 15) is 0 Å². The fourth-order valence-corrected chi connectivity index (χ4v) is 2.26. The summed E-state index contributed by atoms with van der Waals surface area (Å²) in [6.07, 6.45) is 2.09. The first-order valence-corrected chi connectivity index (χ1v) is 8.93. The van der Waals surface area contributed by atoms with Gasteiger partial charge in [-0.1, -0.05) is 39.3 Å². The molecule has 0 amide bonds. The molecule has 3 heteroatoms. The molecule has 96 valence electrons. The van der Waals surface area contributed by atoms with Crippen molar-refractivity contribution in [2.24, 2.45) is 5.92 Å². The molecule has 0 unspecified atom stereocenters. The van der Waals surface area contributed by atoms with Crippen LogP contribution in [-0.2, 0) is 4.43 Å². The van der Waals surface area contributed by atoms with Gasteiger partial charge in [-0.3, -0.25) is 0 Å². The third-order valence-corrected chi connectivity index (χ3v) is 7.83. The highest BCUT2D eigenvalue weighted by molar-refractivity contribution is 6.74. The average Bonchev–Trinajstić information content (AvgIpc) is 2.13. The van der Waals surface area contributed by atoms with Crippen LogP contribution in [-0.4, -0.2) is 26.6 Å². The highest BCUT2D eigenvalue weighted by Crippen LogP contribution is 2.36. The second-order valence-corrected chi connectivity index (χ2v) is 11.0. The Morgan fingerprint density at radius 1 is 1.38 bits per heavy atom.